The number of carbonyl (C=O) groups excluding carboxylic acids is 1. The molecule has 0 fully saturated rings. The first-order valence-corrected chi connectivity index (χ1v) is 10.0. The quantitative estimate of drug-likeness (QED) is 0.436. The minimum absolute atomic E-state index is 0.203. The minimum atomic E-state index is -0.292. The fourth-order valence-electron chi connectivity index (χ4n) is 3.24. The third kappa shape index (κ3) is 5.32. The predicted molar refractivity (Wildman–Crippen MR) is 118 cm³/mol. The van der Waals surface area contributed by atoms with Gasteiger partial charge in [0, 0.05) is 12.0 Å². The molecular weight excluding hydrogens is 414 g/mol. The van der Waals surface area contributed by atoms with Crippen LogP contribution < -0.4 is 18.9 Å². The number of rotatable bonds is 10. The van der Waals surface area contributed by atoms with Crippen molar-refractivity contribution in [3.05, 3.63) is 53.4 Å². The molecule has 3 rings (SSSR count). The van der Waals surface area contributed by atoms with Crippen LogP contribution in [0.1, 0.15) is 17.0 Å². The van der Waals surface area contributed by atoms with Gasteiger partial charge in [-0.15, -0.1) is 0 Å². The number of carbonyl (C=O) groups is 1. The number of hydrogen-bond donors (Lipinski definition) is 0. The van der Waals surface area contributed by atoms with Crippen LogP contribution in [0.4, 0.5) is 0 Å². The molecule has 1 heterocycles. The second-order valence-corrected chi connectivity index (χ2v) is 6.93. The van der Waals surface area contributed by atoms with Gasteiger partial charge < -0.3 is 28.1 Å². The smallest absolute Gasteiger partial charge is 0.309 e. The van der Waals surface area contributed by atoms with E-state index in [0.717, 1.165) is 11.3 Å². The summed E-state index contributed by atoms with van der Waals surface area (Å²) in [6, 6.07) is 11.0. The van der Waals surface area contributed by atoms with Crippen LogP contribution in [0, 0.1) is 6.92 Å². The number of aromatic nitrogens is 1. The molecule has 170 valence electrons. The molecule has 0 unspecified atom stereocenters. The summed E-state index contributed by atoms with van der Waals surface area (Å²) in [7, 11) is 6.05. The Morgan fingerprint density at radius 2 is 1.72 bits per heavy atom. The second kappa shape index (κ2) is 10.6. The van der Waals surface area contributed by atoms with E-state index in [4.69, 9.17) is 28.1 Å². The van der Waals surface area contributed by atoms with Crippen molar-refractivity contribution < 1.29 is 32.9 Å². The summed E-state index contributed by atoms with van der Waals surface area (Å²) in [4.78, 5) is 16.1. The Labute approximate surface area is 187 Å². The molecule has 0 atom stereocenters. The maximum Gasteiger partial charge on any atom is 0.309 e. The monoisotopic (exact) mass is 441 g/mol. The highest BCUT2D eigenvalue weighted by molar-refractivity contribution is 5.72. The molecule has 2 aromatic carbocycles. The Balaban J connectivity index is 1.71. The first kappa shape index (κ1) is 23.0. The Kier molecular flexibility index (Phi) is 7.59. The Hall–Kier alpha value is -3.68. The van der Waals surface area contributed by atoms with Gasteiger partial charge in [-0.3, -0.25) is 4.79 Å². The third-order valence-corrected chi connectivity index (χ3v) is 4.89. The molecule has 3 aromatic rings. The summed E-state index contributed by atoms with van der Waals surface area (Å²) in [5.41, 5.74) is 2.33. The van der Waals surface area contributed by atoms with E-state index in [1.807, 2.05) is 31.2 Å². The minimum Gasteiger partial charge on any atom is -0.493 e. The van der Waals surface area contributed by atoms with Gasteiger partial charge in [-0.05, 0) is 36.8 Å². The average Bonchev–Trinajstić information content (AvgIpc) is 3.18. The zero-order chi connectivity index (χ0) is 23.1. The van der Waals surface area contributed by atoms with Gasteiger partial charge in [0.2, 0.25) is 11.6 Å². The number of esters is 1. The van der Waals surface area contributed by atoms with Gasteiger partial charge in [-0.1, -0.05) is 12.1 Å². The summed E-state index contributed by atoms with van der Waals surface area (Å²) in [6.45, 7) is 2.27. The lowest BCUT2D eigenvalue weighted by Crippen LogP contribution is -2.06. The zero-order valence-electron chi connectivity index (χ0n) is 18.9. The molecule has 1 aromatic heterocycles. The molecule has 8 nitrogen and oxygen atoms in total. The van der Waals surface area contributed by atoms with Gasteiger partial charge in [0.1, 0.15) is 11.5 Å². The van der Waals surface area contributed by atoms with Crippen molar-refractivity contribution in [1.82, 2.24) is 4.98 Å². The van der Waals surface area contributed by atoms with Crippen LogP contribution in [-0.2, 0) is 22.4 Å². The van der Waals surface area contributed by atoms with E-state index in [-0.39, 0.29) is 12.4 Å². The largest absolute Gasteiger partial charge is 0.493 e. The van der Waals surface area contributed by atoms with E-state index in [9.17, 15) is 4.79 Å². The van der Waals surface area contributed by atoms with Crippen molar-refractivity contribution in [3.8, 4) is 34.5 Å². The van der Waals surface area contributed by atoms with Gasteiger partial charge in [-0.25, -0.2) is 4.98 Å². The highest BCUT2D eigenvalue weighted by Gasteiger charge is 2.18. The molecule has 0 amide bonds. The maximum absolute atomic E-state index is 11.5. The highest BCUT2D eigenvalue weighted by Crippen LogP contribution is 2.41. The van der Waals surface area contributed by atoms with Crippen LogP contribution in [0.2, 0.25) is 0 Å². The van der Waals surface area contributed by atoms with E-state index in [1.54, 1.807) is 33.5 Å². The van der Waals surface area contributed by atoms with Crippen LogP contribution >= 0.6 is 0 Å². The standard InChI is InChI=1S/C24H27NO7/c1-15-19(9-10-31-18-8-6-7-16(11-18)12-22(26)29-4)25-24(32-15)17-13-20(27-2)23(30-5)21(14-17)28-3/h6-8,11,13-14H,9-10,12H2,1-5H3. The van der Waals surface area contributed by atoms with Gasteiger partial charge >= 0.3 is 5.97 Å². The Bertz CT molecular complexity index is 1050. The molecule has 0 aliphatic heterocycles. The molecule has 0 bridgehead atoms. The fraction of sp³-hybridized carbons (Fsp3) is 0.333. The number of ether oxygens (including phenoxy) is 5. The lowest BCUT2D eigenvalue weighted by Gasteiger charge is -2.12. The Morgan fingerprint density at radius 3 is 2.34 bits per heavy atom. The maximum atomic E-state index is 11.5. The molecule has 0 saturated heterocycles. The summed E-state index contributed by atoms with van der Waals surface area (Å²) >= 11 is 0. The summed E-state index contributed by atoms with van der Waals surface area (Å²) in [6.07, 6.45) is 0.759. The third-order valence-electron chi connectivity index (χ3n) is 4.89. The molecule has 0 spiro atoms. The second-order valence-electron chi connectivity index (χ2n) is 6.93. The number of aryl methyl sites for hydroxylation is 1. The molecule has 32 heavy (non-hydrogen) atoms. The van der Waals surface area contributed by atoms with Crippen LogP contribution in [0.3, 0.4) is 0 Å². The first-order valence-electron chi connectivity index (χ1n) is 10.0. The normalized spacial score (nSPS) is 10.5. The average molecular weight is 441 g/mol. The molecule has 0 aliphatic carbocycles. The molecule has 0 N–H and O–H groups in total. The van der Waals surface area contributed by atoms with Crippen molar-refractivity contribution in [2.75, 3.05) is 35.0 Å². The molecule has 0 aliphatic rings. The Morgan fingerprint density at radius 1 is 1.00 bits per heavy atom. The molecular formula is C24H27NO7. The van der Waals surface area contributed by atoms with Gasteiger partial charge in [-0.2, -0.15) is 0 Å². The number of nitrogens with zero attached hydrogens (tertiary/aromatic N) is 1. The van der Waals surface area contributed by atoms with Gasteiger partial charge in [0.05, 0.1) is 47.2 Å². The van der Waals surface area contributed by atoms with E-state index >= 15 is 0 Å². The van der Waals surface area contributed by atoms with E-state index in [0.29, 0.717) is 53.2 Å². The van der Waals surface area contributed by atoms with Crippen LogP contribution in [0.25, 0.3) is 11.5 Å². The molecule has 0 saturated carbocycles. The SMILES string of the molecule is COC(=O)Cc1cccc(OCCc2nc(-c3cc(OC)c(OC)c(OC)c3)oc2C)c1. The van der Waals surface area contributed by atoms with Crippen molar-refractivity contribution in [1.29, 1.82) is 0 Å². The topological polar surface area (TPSA) is 89.3 Å². The number of hydrogen-bond acceptors (Lipinski definition) is 8. The molecule has 8 heteroatoms. The lowest BCUT2D eigenvalue weighted by atomic mass is 10.1. The predicted octanol–water partition coefficient (Wildman–Crippen LogP) is 4.01. The van der Waals surface area contributed by atoms with E-state index in [2.05, 4.69) is 4.98 Å². The number of benzene rings is 2. The number of methoxy groups -OCH3 is 4. The van der Waals surface area contributed by atoms with Gasteiger partial charge in [0.15, 0.2) is 11.5 Å². The summed E-state index contributed by atoms with van der Waals surface area (Å²) in [5, 5.41) is 0. The molecule has 0 radical (unpaired) electrons. The van der Waals surface area contributed by atoms with Crippen molar-refractivity contribution in [3.63, 3.8) is 0 Å². The van der Waals surface area contributed by atoms with Crippen molar-refractivity contribution >= 4 is 5.97 Å². The van der Waals surface area contributed by atoms with Crippen LogP contribution in [-0.4, -0.2) is 46.0 Å². The van der Waals surface area contributed by atoms with Crippen molar-refractivity contribution in [2.45, 2.75) is 19.8 Å². The first-order chi connectivity index (χ1) is 15.5. The summed E-state index contributed by atoms with van der Waals surface area (Å²) < 4.78 is 32.6. The van der Waals surface area contributed by atoms with Crippen molar-refractivity contribution in [2.24, 2.45) is 0 Å². The fourth-order valence-corrected chi connectivity index (χ4v) is 3.24. The zero-order valence-corrected chi connectivity index (χ0v) is 18.9. The van der Waals surface area contributed by atoms with E-state index in [1.165, 1.54) is 7.11 Å². The van der Waals surface area contributed by atoms with Crippen LogP contribution in [0.5, 0.6) is 23.0 Å². The lowest BCUT2D eigenvalue weighted by molar-refractivity contribution is -0.139. The van der Waals surface area contributed by atoms with Gasteiger partial charge in [0.25, 0.3) is 0 Å². The van der Waals surface area contributed by atoms with Crippen LogP contribution in [0.15, 0.2) is 40.8 Å². The van der Waals surface area contributed by atoms with E-state index < -0.39 is 0 Å². The highest BCUT2D eigenvalue weighted by atomic mass is 16.5. The number of oxazole rings is 1. The summed E-state index contributed by atoms with van der Waals surface area (Å²) in [5.74, 6) is 3.10.